The number of allylic oxidation sites excluding steroid dienone is 1. The summed E-state index contributed by atoms with van der Waals surface area (Å²) in [5.74, 6) is 3.16. The standard InChI is InChI=1S/C20H23OPSi/c1-18(15-16-23(2,3)4)17-22(21,19-11-7-5-8-12-19)20-13-9-6-10-14-20/h5-14H,1,17H2,2-4H3. The van der Waals surface area contributed by atoms with Crippen molar-refractivity contribution in [2.75, 3.05) is 6.16 Å². The molecule has 3 heteroatoms. The van der Waals surface area contributed by atoms with Crippen molar-refractivity contribution in [3.63, 3.8) is 0 Å². The molecule has 0 bridgehead atoms. The molecule has 0 aliphatic heterocycles. The normalized spacial score (nSPS) is 11.4. The Kier molecular flexibility index (Phi) is 5.47. The lowest BCUT2D eigenvalue weighted by Gasteiger charge is -2.19. The molecule has 0 unspecified atom stereocenters. The van der Waals surface area contributed by atoms with Gasteiger partial charge in [-0.2, -0.15) is 0 Å². The molecular formula is C20H23OPSi. The zero-order chi connectivity index (χ0) is 16.9. The first kappa shape index (κ1) is 17.5. The molecule has 0 amide bonds. The monoisotopic (exact) mass is 338 g/mol. The van der Waals surface area contributed by atoms with Gasteiger partial charge in [-0.3, -0.25) is 0 Å². The molecule has 1 nitrogen and oxygen atoms in total. The Labute approximate surface area is 140 Å². The molecule has 0 N–H and O–H groups in total. The molecule has 2 aromatic rings. The Balaban J connectivity index is 2.42. The molecule has 0 aliphatic rings. The van der Waals surface area contributed by atoms with Crippen LogP contribution in [0.15, 0.2) is 72.8 Å². The number of hydrogen-bond donors (Lipinski definition) is 0. The summed E-state index contributed by atoms with van der Waals surface area (Å²) in [6.45, 7) is 10.7. The average Bonchev–Trinajstić information content (AvgIpc) is 2.54. The number of benzene rings is 2. The summed E-state index contributed by atoms with van der Waals surface area (Å²) in [5.41, 5.74) is 4.07. The lowest BCUT2D eigenvalue weighted by Crippen LogP contribution is -2.19. The molecule has 0 radical (unpaired) electrons. The number of hydrogen-bond acceptors (Lipinski definition) is 1. The third-order valence-electron chi connectivity index (χ3n) is 3.37. The molecule has 0 spiro atoms. The van der Waals surface area contributed by atoms with Crippen molar-refractivity contribution < 1.29 is 4.57 Å². The van der Waals surface area contributed by atoms with Gasteiger partial charge in [0.25, 0.3) is 0 Å². The van der Waals surface area contributed by atoms with E-state index in [4.69, 9.17) is 0 Å². The van der Waals surface area contributed by atoms with Crippen LogP contribution in [0.1, 0.15) is 0 Å². The lowest BCUT2D eigenvalue weighted by atomic mass is 10.4. The van der Waals surface area contributed by atoms with Crippen LogP contribution in [-0.2, 0) is 4.57 Å². The Morgan fingerprint density at radius 1 is 0.957 bits per heavy atom. The van der Waals surface area contributed by atoms with E-state index in [1.165, 1.54) is 0 Å². The summed E-state index contributed by atoms with van der Waals surface area (Å²) in [7, 11) is -4.21. The smallest absolute Gasteiger partial charge is 0.148 e. The summed E-state index contributed by atoms with van der Waals surface area (Å²) in [5, 5.41) is 1.73. The Morgan fingerprint density at radius 3 is 1.78 bits per heavy atom. The first-order chi connectivity index (χ1) is 10.8. The maximum atomic E-state index is 13.8. The van der Waals surface area contributed by atoms with Gasteiger partial charge in [0.1, 0.15) is 15.2 Å². The van der Waals surface area contributed by atoms with Gasteiger partial charge in [0, 0.05) is 22.3 Å². The minimum Gasteiger partial charge on any atom is -0.313 e. The van der Waals surface area contributed by atoms with Gasteiger partial charge in [-0.15, -0.1) is 5.54 Å². The quantitative estimate of drug-likeness (QED) is 0.458. The Bertz CT molecular complexity index is 734. The van der Waals surface area contributed by atoms with Gasteiger partial charge >= 0.3 is 0 Å². The fourth-order valence-electron chi connectivity index (χ4n) is 2.25. The van der Waals surface area contributed by atoms with Crippen molar-refractivity contribution in [2.45, 2.75) is 19.6 Å². The molecule has 0 heterocycles. The van der Waals surface area contributed by atoms with Gasteiger partial charge in [-0.05, 0) is 0 Å². The summed E-state index contributed by atoms with van der Waals surface area (Å²) >= 11 is 0. The van der Waals surface area contributed by atoms with Gasteiger partial charge in [-0.1, -0.05) is 92.8 Å². The van der Waals surface area contributed by atoms with E-state index in [2.05, 4.69) is 37.7 Å². The molecule has 0 aromatic heterocycles. The third-order valence-corrected chi connectivity index (χ3v) is 7.34. The summed E-state index contributed by atoms with van der Waals surface area (Å²) in [4.78, 5) is 0. The van der Waals surface area contributed by atoms with Gasteiger partial charge in [0.05, 0.1) is 0 Å². The molecule has 0 atom stereocenters. The van der Waals surface area contributed by atoms with Gasteiger partial charge in [0.2, 0.25) is 0 Å². The SMILES string of the molecule is C=C(C#C[Si](C)(C)C)CP(=O)(c1ccccc1)c1ccccc1. The highest BCUT2D eigenvalue weighted by molar-refractivity contribution is 7.78. The van der Waals surface area contributed by atoms with E-state index in [1.54, 1.807) is 0 Å². The molecule has 2 rings (SSSR count). The first-order valence-electron chi connectivity index (χ1n) is 7.72. The second-order valence-electron chi connectivity index (χ2n) is 6.67. The van der Waals surface area contributed by atoms with Crippen molar-refractivity contribution in [1.82, 2.24) is 0 Å². The highest BCUT2D eigenvalue weighted by atomic mass is 31.2. The van der Waals surface area contributed by atoms with Crippen LogP contribution in [0.25, 0.3) is 0 Å². The Hall–Kier alpha value is -1.81. The van der Waals surface area contributed by atoms with Crippen molar-refractivity contribution >= 4 is 25.8 Å². The predicted molar refractivity (Wildman–Crippen MR) is 105 cm³/mol. The first-order valence-corrected chi connectivity index (χ1v) is 13.1. The molecular weight excluding hydrogens is 315 g/mol. The zero-order valence-electron chi connectivity index (χ0n) is 14.0. The molecule has 0 saturated heterocycles. The van der Waals surface area contributed by atoms with E-state index >= 15 is 0 Å². The third kappa shape index (κ3) is 4.83. The summed E-state index contributed by atoms with van der Waals surface area (Å²) < 4.78 is 13.8. The van der Waals surface area contributed by atoms with E-state index in [9.17, 15) is 4.57 Å². The van der Waals surface area contributed by atoms with Crippen molar-refractivity contribution in [1.29, 1.82) is 0 Å². The topological polar surface area (TPSA) is 17.1 Å². The zero-order valence-corrected chi connectivity index (χ0v) is 15.9. The molecule has 118 valence electrons. The predicted octanol–water partition coefficient (Wildman–Crippen LogP) is 4.44. The number of rotatable bonds is 4. The minimum absolute atomic E-state index is 0.401. The minimum atomic E-state index is -2.75. The Morgan fingerprint density at radius 2 is 1.39 bits per heavy atom. The fourth-order valence-corrected chi connectivity index (χ4v) is 5.39. The highest BCUT2D eigenvalue weighted by Crippen LogP contribution is 2.44. The largest absolute Gasteiger partial charge is 0.313 e. The van der Waals surface area contributed by atoms with E-state index in [1.807, 2.05) is 60.7 Å². The van der Waals surface area contributed by atoms with Crippen molar-refractivity contribution in [2.24, 2.45) is 0 Å². The summed E-state index contributed by atoms with van der Waals surface area (Å²) in [6, 6.07) is 19.4. The highest BCUT2D eigenvalue weighted by Gasteiger charge is 2.27. The lowest BCUT2D eigenvalue weighted by molar-refractivity contribution is 0.588. The van der Waals surface area contributed by atoms with Crippen LogP contribution in [0.5, 0.6) is 0 Å². The van der Waals surface area contributed by atoms with Crippen LogP contribution in [0, 0.1) is 11.5 Å². The van der Waals surface area contributed by atoms with Crippen molar-refractivity contribution in [3.05, 3.63) is 72.8 Å². The van der Waals surface area contributed by atoms with E-state index in [0.29, 0.717) is 6.16 Å². The molecule has 0 aliphatic carbocycles. The van der Waals surface area contributed by atoms with Crippen LogP contribution < -0.4 is 10.6 Å². The fraction of sp³-hybridized carbons (Fsp3) is 0.200. The second-order valence-corrected chi connectivity index (χ2v) is 14.3. The van der Waals surface area contributed by atoms with Gasteiger partial charge in [0.15, 0.2) is 0 Å². The van der Waals surface area contributed by atoms with E-state index < -0.39 is 15.2 Å². The van der Waals surface area contributed by atoms with Crippen LogP contribution >= 0.6 is 7.14 Å². The summed E-state index contributed by atoms with van der Waals surface area (Å²) in [6.07, 6.45) is 0.401. The molecule has 0 saturated carbocycles. The van der Waals surface area contributed by atoms with Gasteiger partial charge in [-0.25, -0.2) is 0 Å². The maximum absolute atomic E-state index is 13.8. The van der Waals surface area contributed by atoms with Crippen LogP contribution in [-0.4, -0.2) is 14.2 Å². The average molecular weight is 338 g/mol. The molecule has 23 heavy (non-hydrogen) atoms. The van der Waals surface area contributed by atoms with Crippen LogP contribution in [0.3, 0.4) is 0 Å². The van der Waals surface area contributed by atoms with Crippen LogP contribution in [0.2, 0.25) is 19.6 Å². The maximum Gasteiger partial charge on any atom is 0.148 e. The second kappa shape index (κ2) is 7.17. The van der Waals surface area contributed by atoms with Gasteiger partial charge < -0.3 is 4.57 Å². The van der Waals surface area contributed by atoms with E-state index in [0.717, 1.165) is 16.2 Å². The molecule has 0 fully saturated rings. The van der Waals surface area contributed by atoms with E-state index in [-0.39, 0.29) is 0 Å². The van der Waals surface area contributed by atoms with Crippen LogP contribution in [0.4, 0.5) is 0 Å². The molecule has 2 aromatic carbocycles. The van der Waals surface area contributed by atoms with Crippen molar-refractivity contribution in [3.8, 4) is 11.5 Å².